The van der Waals surface area contributed by atoms with Crippen molar-refractivity contribution in [1.82, 2.24) is 15.5 Å². The SMILES string of the molecule is CCSc1nnc(NC(=O)CSC2=NC(=N)C(=NC(=O)c3cccs3)C(=O)N2)s1. The zero-order valence-corrected chi connectivity index (χ0v) is 18.1. The second kappa shape index (κ2) is 9.87. The zero-order valence-electron chi connectivity index (χ0n) is 14.8. The first kappa shape index (κ1) is 21.3. The normalized spacial score (nSPS) is 15.2. The van der Waals surface area contributed by atoms with E-state index in [-0.39, 0.29) is 22.5 Å². The van der Waals surface area contributed by atoms with Gasteiger partial charge in [-0.3, -0.25) is 30.4 Å². The van der Waals surface area contributed by atoms with E-state index in [0.29, 0.717) is 10.0 Å². The van der Waals surface area contributed by atoms with Gasteiger partial charge in [0.15, 0.2) is 21.1 Å². The minimum Gasteiger partial charge on any atom is -0.300 e. The summed E-state index contributed by atoms with van der Waals surface area (Å²) in [6, 6.07) is 3.26. The van der Waals surface area contributed by atoms with Crippen LogP contribution < -0.4 is 10.6 Å². The number of aliphatic imine (C=N–C) groups is 2. The van der Waals surface area contributed by atoms with E-state index in [2.05, 4.69) is 30.8 Å². The summed E-state index contributed by atoms with van der Waals surface area (Å²) in [7, 11) is 0. The summed E-state index contributed by atoms with van der Waals surface area (Å²) in [5.74, 6) is -1.32. The Morgan fingerprint density at radius 3 is 2.86 bits per heavy atom. The molecule has 0 aliphatic carbocycles. The maximum atomic E-state index is 12.2. The molecule has 0 spiro atoms. The van der Waals surface area contributed by atoms with Crippen molar-refractivity contribution in [3.05, 3.63) is 22.4 Å². The van der Waals surface area contributed by atoms with Gasteiger partial charge in [0.25, 0.3) is 11.8 Å². The molecule has 10 nitrogen and oxygen atoms in total. The summed E-state index contributed by atoms with van der Waals surface area (Å²) < 4.78 is 0.761. The molecule has 0 fully saturated rings. The van der Waals surface area contributed by atoms with E-state index in [9.17, 15) is 14.4 Å². The highest BCUT2D eigenvalue weighted by Crippen LogP contribution is 2.25. The molecule has 3 heterocycles. The number of carbonyl (C=O) groups is 3. The molecule has 0 saturated carbocycles. The zero-order chi connectivity index (χ0) is 20.8. The van der Waals surface area contributed by atoms with Crippen molar-refractivity contribution in [2.75, 3.05) is 16.8 Å². The molecule has 0 bridgehead atoms. The number of nitrogens with zero attached hydrogens (tertiary/aromatic N) is 4. The molecule has 0 radical (unpaired) electrons. The van der Waals surface area contributed by atoms with Crippen LogP contribution in [0.1, 0.15) is 16.6 Å². The van der Waals surface area contributed by atoms with E-state index in [1.165, 1.54) is 34.4 Å². The van der Waals surface area contributed by atoms with E-state index in [1.54, 1.807) is 17.5 Å². The molecule has 0 atom stereocenters. The summed E-state index contributed by atoms with van der Waals surface area (Å²) in [4.78, 5) is 44.2. The van der Waals surface area contributed by atoms with Crippen LogP contribution in [0.2, 0.25) is 0 Å². The molecule has 1 aliphatic heterocycles. The lowest BCUT2D eigenvalue weighted by molar-refractivity contribution is -0.114. The van der Waals surface area contributed by atoms with Gasteiger partial charge in [-0.15, -0.1) is 21.5 Å². The third-order valence-corrected chi connectivity index (χ3v) is 6.66. The fourth-order valence-electron chi connectivity index (χ4n) is 1.91. The minimum absolute atomic E-state index is 0.0527. The maximum absolute atomic E-state index is 12.2. The molecule has 29 heavy (non-hydrogen) atoms. The summed E-state index contributed by atoms with van der Waals surface area (Å²) in [6.45, 7) is 1.99. The molecular formula is C15H13N7O3S4. The Kier molecular flexibility index (Phi) is 7.24. The van der Waals surface area contributed by atoms with Gasteiger partial charge >= 0.3 is 0 Å². The van der Waals surface area contributed by atoms with Gasteiger partial charge in [-0.1, -0.05) is 47.9 Å². The van der Waals surface area contributed by atoms with Crippen LogP contribution in [-0.2, 0) is 9.59 Å². The number of amides is 3. The molecule has 3 amide bonds. The lowest BCUT2D eigenvalue weighted by atomic mass is 10.3. The summed E-state index contributed by atoms with van der Waals surface area (Å²) in [6.07, 6.45) is 0. The van der Waals surface area contributed by atoms with Gasteiger partial charge < -0.3 is 0 Å². The predicted octanol–water partition coefficient (Wildman–Crippen LogP) is 2.13. The van der Waals surface area contributed by atoms with E-state index >= 15 is 0 Å². The minimum atomic E-state index is -0.719. The standard InChI is InChI=1S/C15H13N7O3S4/c1-2-26-15-22-21-14(29-15)17-8(23)6-28-13-19-10(16)9(12(25)20-13)18-11(24)7-4-3-5-27-7/h3-5H,2,6H2,1H3,(H,17,21,23)(H2,16,19,20,25). The average molecular weight is 468 g/mol. The molecule has 150 valence electrons. The molecule has 0 aromatic carbocycles. The van der Waals surface area contributed by atoms with Crippen LogP contribution in [0.15, 0.2) is 31.8 Å². The maximum Gasteiger partial charge on any atom is 0.287 e. The Morgan fingerprint density at radius 2 is 2.17 bits per heavy atom. The molecule has 0 unspecified atom stereocenters. The first-order valence-electron chi connectivity index (χ1n) is 8.00. The third-order valence-electron chi connectivity index (χ3n) is 3.08. The Bertz CT molecular complexity index is 1010. The van der Waals surface area contributed by atoms with Gasteiger partial charge in [-0.25, -0.2) is 4.99 Å². The largest absolute Gasteiger partial charge is 0.300 e. The van der Waals surface area contributed by atoms with E-state index in [0.717, 1.165) is 21.9 Å². The fourth-order valence-corrected chi connectivity index (χ4v) is 4.84. The molecule has 1 aliphatic rings. The molecule has 2 aromatic rings. The summed E-state index contributed by atoms with van der Waals surface area (Å²) in [5.41, 5.74) is -0.369. The molecule has 2 aromatic heterocycles. The van der Waals surface area contributed by atoms with Crippen LogP contribution in [0, 0.1) is 5.41 Å². The number of nitrogens with one attached hydrogen (secondary N) is 3. The molecule has 0 saturated heterocycles. The van der Waals surface area contributed by atoms with E-state index < -0.39 is 17.6 Å². The van der Waals surface area contributed by atoms with Crippen molar-refractivity contribution in [3.8, 4) is 0 Å². The third kappa shape index (κ3) is 5.79. The average Bonchev–Trinajstić information content (AvgIpc) is 3.35. The fraction of sp³-hybridized carbons (Fsp3) is 0.200. The van der Waals surface area contributed by atoms with E-state index in [1.807, 2.05) is 6.92 Å². The van der Waals surface area contributed by atoms with Crippen LogP contribution in [-0.4, -0.2) is 56.1 Å². The number of thioether (sulfide) groups is 2. The quantitative estimate of drug-likeness (QED) is 0.435. The lowest BCUT2D eigenvalue weighted by Gasteiger charge is -2.14. The van der Waals surface area contributed by atoms with Crippen molar-refractivity contribution in [3.63, 3.8) is 0 Å². The number of hydrogen-bond acceptors (Lipinski definition) is 10. The van der Waals surface area contributed by atoms with Gasteiger partial charge in [-0.05, 0) is 17.2 Å². The molecule has 3 rings (SSSR count). The monoisotopic (exact) mass is 467 g/mol. The number of anilines is 1. The van der Waals surface area contributed by atoms with Crippen molar-refractivity contribution in [2.45, 2.75) is 11.3 Å². The highest BCUT2D eigenvalue weighted by molar-refractivity contribution is 8.14. The van der Waals surface area contributed by atoms with Gasteiger partial charge in [0.05, 0.1) is 10.6 Å². The first-order chi connectivity index (χ1) is 14.0. The highest BCUT2D eigenvalue weighted by atomic mass is 32.2. The number of carbonyl (C=O) groups excluding carboxylic acids is 3. The molecule has 3 N–H and O–H groups in total. The Hall–Kier alpha value is -2.42. The van der Waals surface area contributed by atoms with Crippen molar-refractivity contribution >= 4 is 85.8 Å². The number of amidine groups is 2. The summed E-state index contributed by atoms with van der Waals surface area (Å²) in [5, 5.41) is 22.9. The second-order valence-corrected chi connectivity index (χ2v) is 9.51. The number of rotatable bonds is 6. The highest BCUT2D eigenvalue weighted by Gasteiger charge is 2.26. The van der Waals surface area contributed by atoms with Crippen LogP contribution in [0.25, 0.3) is 0 Å². The number of aromatic nitrogens is 2. The van der Waals surface area contributed by atoms with Gasteiger partial charge in [-0.2, -0.15) is 4.99 Å². The number of hydrogen-bond donors (Lipinski definition) is 3. The van der Waals surface area contributed by atoms with Gasteiger partial charge in [0.2, 0.25) is 11.0 Å². The van der Waals surface area contributed by atoms with Crippen LogP contribution in [0.5, 0.6) is 0 Å². The van der Waals surface area contributed by atoms with Crippen LogP contribution in [0.4, 0.5) is 5.13 Å². The van der Waals surface area contributed by atoms with Crippen LogP contribution >= 0.6 is 46.2 Å². The van der Waals surface area contributed by atoms with Crippen LogP contribution in [0.3, 0.4) is 0 Å². The summed E-state index contributed by atoms with van der Waals surface area (Å²) >= 11 is 4.93. The Morgan fingerprint density at radius 1 is 1.34 bits per heavy atom. The lowest BCUT2D eigenvalue weighted by Crippen LogP contribution is -2.43. The van der Waals surface area contributed by atoms with E-state index in [4.69, 9.17) is 5.41 Å². The second-order valence-electron chi connectivity index (χ2n) is 5.11. The first-order valence-corrected chi connectivity index (χ1v) is 11.7. The Balaban J connectivity index is 1.56. The topological polar surface area (TPSA) is 150 Å². The molecular weight excluding hydrogens is 454 g/mol. The van der Waals surface area contributed by atoms with Crippen molar-refractivity contribution < 1.29 is 14.4 Å². The number of thiophene rings is 1. The molecule has 14 heteroatoms. The smallest absolute Gasteiger partial charge is 0.287 e. The van der Waals surface area contributed by atoms with Crippen molar-refractivity contribution in [1.29, 1.82) is 5.41 Å². The van der Waals surface area contributed by atoms with Gasteiger partial charge in [0.1, 0.15) is 0 Å². The van der Waals surface area contributed by atoms with Crippen molar-refractivity contribution in [2.24, 2.45) is 9.98 Å². The Labute approximate surface area is 181 Å². The van der Waals surface area contributed by atoms with Gasteiger partial charge in [0, 0.05) is 0 Å². The predicted molar refractivity (Wildman–Crippen MR) is 117 cm³/mol.